The van der Waals surface area contributed by atoms with E-state index >= 15 is 0 Å². The second-order valence-electron chi connectivity index (χ2n) is 13.7. The minimum absolute atomic E-state index is 0.898. The van der Waals surface area contributed by atoms with E-state index in [0.29, 0.717) is 0 Å². The van der Waals surface area contributed by atoms with Gasteiger partial charge in [-0.25, -0.2) is 0 Å². The highest BCUT2D eigenvalue weighted by molar-refractivity contribution is 6.15. The smallest absolute Gasteiger partial charge is 0.159 e. The maximum atomic E-state index is 6.52. The molecule has 0 saturated heterocycles. The number of hydrogen-bond donors (Lipinski definition) is 0. The van der Waals surface area contributed by atoms with Crippen LogP contribution in [0.5, 0.6) is 0 Å². The molecule has 0 N–H and O–H groups in total. The molecule has 0 fully saturated rings. The molecule has 12 aromatic rings. The second-order valence-corrected chi connectivity index (χ2v) is 13.7. The van der Waals surface area contributed by atoms with Crippen molar-refractivity contribution in [2.45, 2.75) is 0 Å². The molecule has 0 radical (unpaired) electrons. The van der Waals surface area contributed by atoms with Crippen LogP contribution in [0.1, 0.15) is 0 Å². The highest BCUT2D eigenvalue weighted by Gasteiger charge is 2.19. The molecule has 0 bridgehead atoms. The highest BCUT2D eigenvalue weighted by atomic mass is 16.3. The van der Waals surface area contributed by atoms with E-state index in [2.05, 4.69) is 155 Å². The molecular weight excluding hydrogens is 637 g/mol. The third-order valence-electron chi connectivity index (χ3n) is 10.9. The molecule has 0 spiro atoms. The number of nitrogens with zero attached hydrogens (tertiary/aromatic N) is 2. The molecule has 8 aromatic carbocycles. The van der Waals surface area contributed by atoms with Gasteiger partial charge in [-0.3, -0.25) is 0 Å². The maximum Gasteiger partial charge on any atom is 0.159 e. The van der Waals surface area contributed by atoms with Crippen molar-refractivity contribution in [1.82, 2.24) is 9.13 Å². The third-order valence-corrected chi connectivity index (χ3v) is 10.9. The molecule has 0 aliphatic rings. The summed E-state index contributed by atoms with van der Waals surface area (Å²) >= 11 is 0. The van der Waals surface area contributed by atoms with Gasteiger partial charge in [-0.05, 0) is 77.9 Å². The van der Waals surface area contributed by atoms with Crippen LogP contribution in [0.25, 0.3) is 110 Å². The Morgan fingerprint density at radius 3 is 1.71 bits per heavy atom. The zero-order valence-corrected chi connectivity index (χ0v) is 27.9. The SMILES string of the molecule is c1ccc2c(c1)oc1ccc(-n3c4ccccc4c4ccc(-c5ccc6c(c5)c5ccccc5n6-c5cccc6c5oc5ccccc56)cc43)cc12. The van der Waals surface area contributed by atoms with Crippen LogP contribution >= 0.6 is 0 Å². The summed E-state index contributed by atoms with van der Waals surface area (Å²) in [5.74, 6) is 0. The molecule has 242 valence electrons. The Bertz CT molecular complexity index is 3420. The van der Waals surface area contributed by atoms with Crippen LogP contribution in [0.4, 0.5) is 0 Å². The summed E-state index contributed by atoms with van der Waals surface area (Å²) in [4.78, 5) is 0. The number of furan rings is 2. The lowest BCUT2D eigenvalue weighted by Crippen LogP contribution is -1.94. The number of benzene rings is 8. The van der Waals surface area contributed by atoms with Crippen molar-refractivity contribution >= 4 is 87.5 Å². The number of rotatable bonds is 3. The standard InChI is InChI=1S/C48H28N2O2/c1-5-15-40-32(10-1)34-23-20-30(27-44(34)49(40)31-22-25-47-39(28-31)36-13-4-7-18-45(36)51-47)29-21-24-42-38(26-29)33-11-2-6-16-41(33)50(42)43-17-9-14-37-35-12-3-8-19-46(35)52-48(37)43/h1-28H. The van der Waals surface area contributed by atoms with Crippen molar-refractivity contribution < 1.29 is 8.83 Å². The first-order valence-electron chi connectivity index (χ1n) is 17.7. The predicted octanol–water partition coefficient (Wildman–Crippen LogP) is 13.3. The van der Waals surface area contributed by atoms with Crippen molar-refractivity contribution in [3.8, 4) is 22.5 Å². The lowest BCUT2D eigenvalue weighted by molar-refractivity contribution is 0.666. The van der Waals surface area contributed by atoms with Crippen molar-refractivity contribution in [2.75, 3.05) is 0 Å². The van der Waals surface area contributed by atoms with E-state index in [-0.39, 0.29) is 0 Å². The van der Waals surface area contributed by atoms with Crippen molar-refractivity contribution in [1.29, 1.82) is 0 Å². The van der Waals surface area contributed by atoms with E-state index < -0.39 is 0 Å². The van der Waals surface area contributed by atoms with E-state index in [9.17, 15) is 0 Å². The summed E-state index contributed by atoms with van der Waals surface area (Å²) in [6.07, 6.45) is 0. The minimum atomic E-state index is 0.898. The van der Waals surface area contributed by atoms with E-state index in [4.69, 9.17) is 8.83 Å². The van der Waals surface area contributed by atoms with Gasteiger partial charge in [-0.15, -0.1) is 0 Å². The molecule has 4 heteroatoms. The second kappa shape index (κ2) is 10.3. The lowest BCUT2D eigenvalue weighted by atomic mass is 10.0. The highest BCUT2D eigenvalue weighted by Crippen LogP contribution is 2.41. The van der Waals surface area contributed by atoms with E-state index in [1.165, 1.54) is 43.7 Å². The number of para-hydroxylation sites is 5. The Hall–Kier alpha value is -7.04. The fraction of sp³-hybridized carbons (Fsp3) is 0. The molecule has 0 amide bonds. The zero-order chi connectivity index (χ0) is 33.9. The van der Waals surface area contributed by atoms with E-state index in [1.54, 1.807) is 0 Å². The molecule has 4 nitrogen and oxygen atoms in total. The Kier molecular flexibility index (Phi) is 5.47. The van der Waals surface area contributed by atoms with Crippen LogP contribution in [-0.4, -0.2) is 9.13 Å². The fourth-order valence-electron chi connectivity index (χ4n) is 8.60. The lowest BCUT2D eigenvalue weighted by Gasteiger charge is -2.10. The molecule has 0 aliphatic carbocycles. The first kappa shape index (κ1) is 27.7. The quantitative estimate of drug-likeness (QED) is 0.188. The summed E-state index contributed by atoms with van der Waals surface area (Å²) in [6.45, 7) is 0. The Labute approximate surface area is 296 Å². The van der Waals surface area contributed by atoms with Gasteiger partial charge in [-0.2, -0.15) is 0 Å². The molecule has 4 aromatic heterocycles. The zero-order valence-electron chi connectivity index (χ0n) is 27.9. The van der Waals surface area contributed by atoms with Gasteiger partial charge in [0.1, 0.15) is 16.7 Å². The Morgan fingerprint density at radius 2 is 0.885 bits per heavy atom. The van der Waals surface area contributed by atoms with Crippen molar-refractivity contribution in [2.24, 2.45) is 0 Å². The van der Waals surface area contributed by atoms with Gasteiger partial charge in [0, 0.05) is 48.8 Å². The van der Waals surface area contributed by atoms with Gasteiger partial charge in [0.05, 0.1) is 27.8 Å². The minimum Gasteiger partial charge on any atom is -0.456 e. The average molecular weight is 665 g/mol. The predicted molar refractivity (Wildman–Crippen MR) is 215 cm³/mol. The molecule has 0 unspecified atom stereocenters. The summed E-state index contributed by atoms with van der Waals surface area (Å²) in [7, 11) is 0. The largest absolute Gasteiger partial charge is 0.456 e. The number of aromatic nitrogens is 2. The van der Waals surface area contributed by atoms with Crippen molar-refractivity contribution in [3.05, 3.63) is 170 Å². The molecule has 4 heterocycles. The first-order valence-corrected chi connectivity index (χ1v) is 17.7. The van der Waals surface area contributed by atoms with Gasteiger partial charge in [0.2, 0.25) is 0 Å². The average Bonchev–Trinajstić information content (AvgIpc) is 3.95. The number of fused-ring (bicyclic) bond motifs is 12. The van der Waals surface area contributed by atoms with Crippen LogP contribution < -0.4 is 0 Å². The fourth-order valence-corrected chi connectivity index (χ4v) is 8.60. The topological polar surface area (TPSA) is 36.1 Å². The summed E-state index contributed by atoms with van der Waals surface area (Å²) in [5.41, 5.74) is 12.8. The summed E-state index contributed by atoms with van der Waals surface area (Å²) in [6, 6.07) is 60.7. The molecule has 0 aliphatic heterocycles. The van der Waals surface area contributed by atoms with Gasteiger partial charge in [0.25, 0.3) is 0 Å². The first-order chi connectivity index (χ1) is 25.8. The van der Waals surface area contributed by atoms with Gasteiger partial charge in [0.15, 0.2) is 5.58 Å². The van der Waals surface area contributed by atoms with Gasteiger partial charge >= 0.3 is 0 Å². The normalized spacial score (nSPS) is 12.2. The summed E-state index contributed by atoms with van der Waals surface area (Å²) in [5, 5.41) is 9.39. The summed E-state index contributed by atoms with van der Waals surface area (Å²) < 4.78 is 17.5. The monoisotopic (exact) mass is 664 g/mol. The maximum absolute atomic E-state index is 6.52. The molecule has 0 atom stereocenters. The van der Waals surface area contributed by atoms with Gasteiger partial charge < -0.3 is 18.0 Å². The van der Waals surface area contributed by atoms with Crippen LogP contribution in [0.2, 0.25) is 0 Å². The van der Waals surface area contributed by atoms with Crippen molar-refractivity contribution in [3.63, 3.8) is 0 Å². The van der Waals surface area contributed by atoms with E-state index in [0.717, 1.165) is 66.3 Å². The molecule has 12 rings (SSSR count). The number of hydrogen-bond acceptors (Lipinski definition) is 2. The molecule has 0 saturated carbocycles. The third kappa shape index (κ3) is 3.75. The van der Waals surface area contributed by atoms with Crippen LogP contribution in [-0.2, 0) is 0 Å². The molecular formula is C48H28N2O2. The van der Waals surface area contributed by atoms with Crippen LogP contribution in [0, 0.1) is 0 Å². The Balaban J connectivity index is 1.08. The Morgan fingerprint density at radius 1 is 0.308 bits per heavy atom. The van der Waals surface area contributed by atoms with Crippen LogP contribution in [0.15, 0.2) is 179 Å². The molecule has 52 heavy (non-hydrogen) atoms. The van der Waals surface area contributed by atoms with E-state index in [1.807, 2.05) is 24.3 Å². The van der Waals surface area contributed by atoms with Crippen LogP contribution in [0.3, 0.4) is 0 Å². The van der Waals surface area contributed by atoms with Gasteiger partial charge in [-0.1, -0.05) is 103 Å².